The van der Waals surface area contributed by atoms with Crippen molar-refractivity contribution in [3.8, 4) is 0 Å². The molecule has 2 nitrogen and oxygen atoms in total. The van der Waals surface area contributed by atoms with Crippen LogP contribution in [-0.2, 0) is 23.3 Å². The molecule has 4 unspecified atom stereocenters. The molecule has 1 radical (unpaired) electrons. The number of aliphatic hydroxyl groups excluding tert-OH is 1. The molecule has 0 aromatic heterocycles. The monoisotopic (exact) mass is 774 g/mol. The van der Waals surface area contributed by atoms with E-state index in [0.29, 0.717) is 25.3 Å². The fourth-order valence-corrected chi connectivity index (χ4v) is 3.03. The number of aliphatic hydroxyl groups is 1. The molecule has 0 aliphatic heterocycles. The molecule has 2 aromatic rings. The molecule has 165 valence electrons. The van der Waals surface area contributed by atoms with Crippen molar-refractivity contribution in [1.82, 2.24) is 0 Å². The number of halogens is 3. The third-order valence-corrected chi connectivity index (χ3v) is 4.91. The van der Waals surface area contributed by atoms with Crippen LogP contribution >= 0.6 is 37.2 Å². The molecule has 29 heavy (non-hydrogen) atoms. The van der Waals surface area contributed by atoms with Gasteiger partial charge in [0.05, 0.1) is 12.2 Å². The Labute approximate surface area is 219 Å². The molecule has 0 aliphatic carbocycles. The fourth-order valence-electron chi connectivity index (χ4n) is 3.03. The normalized spacial score (nSPS) is 14.1. The average molecular weight is 774 g/mol. The van der Waals surface area contributed by atoms with Crippen LogP contribution in [0.1, 0.15) is 63.5 Å². The maximum Gasteiger partial charge on any atom is 0 e. The standard InChI is InChI=1S/C12H18O.C11H16O.I3.V/c1-4-12(13-3)10(2)11-8-6-5-7-9-11;1-3-11(12)9(2)10-7-5-4-6-8-10;1-3-2;/h5-10,12H,4H2,1-3H3;4-9,11-12H,3H2,1-2H3;;/q;;-1;. The van der Waals surface area contributed by atoms with Crippen LogP contribution in [-0.4, -0.2) is 24.4 Å². The zero-order chi connectivity index (χ0) is 21.4. The van der Waals surface area contributed by atoms with Gasteiger partial charge < -0.3 is 9.84 Å². The molecule has 0 spiro atoms. The van der Waals surface area contributed by atoms with E-state index in [1.807, 2.05) is 31.2 Å². The Morgan fingerprint density at radius 2 is 1.21 bits per heavy atom. The Balaban J connectivity index is 0. The van der Waals surface area contributed by atoms with E-state index in [1.165, 1.54) is 11.1 Å². The minimum Gasteiger partial charge on any atom is 0 e. The Kier molecular flexibility index (Phi) is 23.4. The number of benzene rings is 2. The summed E-state index contributed by atoms with van der Waals surface area (Å²) in [7, 11) is 1.79. The van der Waals surface area contributed by atoms with E-state index in [2.05, 4.69) is 94.4 Å². The Hall–Kier alpha value is 1.13. The van der Waals surface area contributed by atoms with Gasteiger partial charge in [-0.2, -0.15) is 0 Å². The topological polar surface area (TPSA) is 29.5 Å². The first-order valence-electron chi connectivity index (χ1n) is 9.64. The molecular formula is C23H34I3O2V-. The van der Waals surface area contributed by atoms with Gasteiger partial charge >= 0.3 is 50.5 Å². The molecular weight excluding hydrogens is 740 g/mol. The Bertz CT molecular complexity index is 583. The van der Waals surface area contributed by atoms with Crippen molar-refractivity contribution in [2.75, 3.05) is 7.11 Å². The van der Waals surface area contributed by atoms with Crippen LogP contribution in [0.25, 0.3) is 0 Å². The van der Waals surface area contributed by atoms with Crippen LogP contribution in [0.3, 0.4) is 0 Å². The van der Waals surface area contributed by atoms with Crippen LogP contribution in [0.2, 0.25) is 0 Å². The van der Waals surface area contributed by atoms with Crippen molar-refractivity contribution in [2.45, 2.75) is 64.6 Å². The van der Waals surface area contributed by atoms with Crippen molar-refractivity contribution in [3.63, 3.8) is 0 Å². The SMILES string of the molecule is CCC(O)C(C)c1ccccc1.CCC(OC)C(C)c1ccccc1.I[I-]I.[V]. The zero-order valence-electron chi connectivity index (χ0n) is 17.9. The van der Waals surface area contributed by atoms with Crippen LogP contribution in [0, 0.1) is 0 Å². The second kappa shape index (κ2) is 21.0. The first-order chi connectivity index (χ1) is 13.5. The number of hydrogen-bond donors (Lipinski definition) is 1. The van der Waals surface area contributed by atoms with E-state index in [9.17, 15) is 5.11 Å². The summed E-state index contributed by atoms with van der Waals surface area (Å²) in [6, 6.07) is 20.6. The van der Waals surface area contributed by atoms with E-state index < -0.39 is 0 Å². The van der Waals surface area contributed by atoms with Gasteiger partial charge in [-0.1, -0.05) is 88.4 Å². The largest absolute Gasteiger partial charge is 0 e. The van der Waals surface area contributed by atoms with Gasteiger partial charge in [-0.15, -0.1) is 0 Å². The van der Waals surface area contributed by atoms with Gasteiger partial charge in [-0.3, -0.25) is 0 Å². The van der Waals surface area contributed by atoms with E-state index >= 15 is 0 Å². The molecule has 0 amide bonds. The average Bonchev–Trinajstić information content (AvgIpc) is 2.75. The first kappa shape index (κ1) is 32.3. The molecule has 0 fully saturated rings. The summed E-state index contributed by atoms with van der Waals surface area (Å²) in [5, 5.41) is 9.58. The number of methoxy groups -OCH3 is 1. The number of ether oxygens (including phenoxy) is 1. The Morgan fingerprint density at radius 3 is 1.52 bits per heavy atom. The molecule has 4 atom stereocenters. The summed E-state index contributed by atoms with van der Waals surface area (Å²) in [6.07, 6.45) is 2.00. The van der Waals surface area contributed by atoms with Gasteiger partial charge in [-0.25, -0.2) is 0 Å². The third-order valence-electron chi connectivity index (χ3n) is 4.91. The van der Waals surface area contributed by atoms with Gasteiger partial charge in [-0.05, 0) is 24.0 Å². The second-order valence-electron chi connectivity index (χ2n) is 6.61. The van der Waals surface area contributed by atoms with Crippen molar-refractivity contribution < 1.29 is 41.7 Å². The van der Waals surface area contributed by atoms with Gasteiger partial charge in [0.15, 0.2) is 0 Å². The summed E-state index contributed by atoms with van der Waals surface area (Å²) in [4.78, 5) is 0. The summed E-state index contributed by atoms with van der Waals surface area (Å²) < 4.78 is 5.42. The van der Waals surface area contributed by atoms with Crippen LogP contribution < -0.4 is 13.3 Å². The van der Waals surface area contributed by atoms with E-state index in [1.54, 1.807) is 7.11 Å². The third kappa shape index (κ3) is 14.0. The zero-order valence-corrected chi connectivity index (χ0v) is 25.8. The molecule has 0 aliphatic rings. The van der Waals surface area contributed by atoms with Crippen LogP contribution in [0.4, 0.5) is 0 Å². The first-order valence-corrected chi connectivity index (χ1v) is 22.2. The van der Waals surface area contributed by atoms with Crippen molar-refractivity contribution in [3.05, 3.63) is 71.8 Å². The fraction of sp³-hybridized carbons (Fsp3) is 0.478. The maximum atomic E-state index is 9.58. The summed E-state index contributed by atoms with van der Waals surface area (Å²) in [5.41, 5.74) is 2.57. The predicted molar refractivity (Wildman–Crippen MR) is 135 cm³/mol. The van der Waals surface area contributed by atoms with Crippen molar-refractivity contribution in [2.24, 2.45) is 0 Å². The number of hydrogen-bond acceptors (Lipinski definition) is 2. The second-order valence-corrected chi connectivity index (χ2v) is 22.9. The molecule has 0 saturated heterocycles. The van der Waals surface area contributed by atoms with Gasteiger partial charge in [0.1, 0.15) is 0 Å². The Morgan fingerprint density at radius 1 is 0.828 bits per heavy atom. The molecule has 0 heterocycles. The van der Waals surface area contributed by atoms with Crippen molar-refractivity contribution >= 4 is 37.2 Å². The molecule has 2 aromatic carbocycles. The summed E-state index contributed by atoms with van der Waals surface area (Å²) in [6.45, 7) is 8.44. The minimum absolute atomic E-state index is 0. The molecule has 2 rings (SSSR count). The smallest absolute Gasteiger partial charge is 0 e. The molecule has 1 N–H and O–H groups in total. The van der Waals surface area contributed by atoms with Gasteiger partial charge in [0.2, 0.25) is 0 Å². The minimum atomic E-state index is -0.215. The summed E-state index contributed by atoms with van der Waals surface area (Å²) in [5.74, 6) is 0.729. The van der Waals surface area contributed by atoms with E-state index in [-0.39, 0.29) is 30.6 Å². The molecule has 6 heteroatoms. The van der Waals surface area contributed by atoms with E-state index in [4.69, 9.17) is 4.74 Å². The quantitative estimate of drug-likeness (QED) is 0.419. The number of rotatable bonds is 7. The van der Waals surface area contributed by atoms with E-state index in [0.717, 1.165) is 12.8 Å². The maximum absolute atomic E-state index is 9.58. The summed E-state index contributed by atoms with van der Waals surface area (Å²) >= 11 is 5.30. The van der Waals surface area contributed by atoms with Crippen LogP contribution in [0.15, 0.2) is 60.7 Å². The predicted octanol–water partition coefficient (Wildman–Crippen LogP) is 4.55. The van der Waals surface area contributed by atoms with Gasteiger partial charge in [0, 0.05) is 37.5 Å². The van der Waals surface area contributed by atoms with Crippen molar-refractivity contribution in [1.29, 1.82) is 0 Å². The van der Waals surface area contributed by atoms with Crippen LogP contribution in [0.5, 0.6) is 0 Å². The molecule has 0 saturated carbocycles. The molecule has 0 bridgehead atoms. The van der Waals surface area contributed by atoms with Gasteiger partial charge in [0.25, 0.3) is 0 Å².